The average Bonchev–Trinajstić information content (AvgIpc) is 2.39. The minimum absolute atomic E-state index is 0.0376. The Bertz CT molecular complexity index is 490. The monoisotopic (exact) mass is 302 g/mol. The van der Waals surface area contributed by atoms with Crippen molar-refractivity contribution in [3.8, 4) is 0 Å². The van der Waals surface area contributed by atoms with E-state index in [0.29, 0.717) is 6.42 Å². The molecule has 5 nitrogen and oxygen atoms in total. The van der Waals surface area contributed by atoms with Crippen molar-refractivity contribution in [1.29, 1.82) is 0 Å². The van der Waals surface area contributed by atoms with Gasteiger partial charge in [0.1, 0.15) is 11.9 Å². The van der Waals surface area contributed by atoms with Gasteiger partial charge in [-0.05, 0) is 18.1 Å². The van der Waals surface area contributed by atoms with Crippen LogP contribution in [0.4, 0.5) is 14.9 Å². The van der Waals surface area contributed by atoms with Gasteiger partial charge in [-0.2, -0.15) is 0 Å². The molecule has 1 rings (SSSR count). The SMILES string of the molecule is CC[C@H](C)[C@H](NC(=O)Nc1c(F)cccc1Cl)C(=O)O. The third-order valence-corrected chi connectivity index (χ3v) is 3.28. The molecule has 1 aromatic rings. The second-order valence-electron chi connectivity index (χ2n) is 4.40. The van der Waals surface area contributed by atoms with Crippen molar-refractivity contribution in [2.24, 2.45) is 5.92 Å². The van der Waals surface area contributed by atoms with Gasteiger partial charge in [0.25, 0.3) is 0 Å². The Hall–Kier alpha value is -1.82. The summed E-state index contributed by atoms with van der Waals surface area (Å²) in [6.45, 7) is 3.52. The van der Waals surface area contributed by atoms with Crippen LogP contribution in [0.2, 0.25) is 5.02 Å². The van der Waals surface area contributed by atoms with Crippen molar-refractivity contribution in [3.05, 3.63) is 29.0 Å². The normalized spacial score (nSPS) is 13.4. The number of carboxylic acids is 1. The van der Waals surface area contributed by atoms with Crippen LogP contribution in [0.5, 0.6) is 0 Å². The molecule has 20 heavy (non-hydrogen) atoms. The summed E-state index contributed by atoms with van der Waals surface area (Å²) >= 11 is 5.76. The summed E-state index contributed by atoms with van der Waals surface area (Å²) in [6, 6.07) is 2.10. The number of anilines is 1. The second-order valence-corrected chi connectivity index (χ2v) is 4.80. The molecule has 0 saturated carbocycles. The molecule has 7 heteroatoms. The van der Waals surface area contributed by atoms with Crippen molar-refractivity contribution >= 4 is 29.3 Å². The van der Waals surface area contributed by atoms with Gasteiger partial charge in [-0.25, -0.2) is 14.0 Å². The lowest BCUT2D eigenvalue weighted by Gasteiger charge is -2.20. The van der Waals surface area contributed by atoms with Crippen molar-refractivity contribution < 1.29 is 19.1 Å². The van der Waals surface area contributed by atoms with Gasteiger partial charge in [-0.3, -0.25) is 0 Å². The predicted molar refractivity (Wildman–Crippen MR) is 74.4 cm³/mol. The van der Waals surface area contributed by atoms with Crippen LogP contribution in [-0.2, 0) is 4.79 Å². The molecule has 0 unspecified atom stereocenters. The molecular weight excluding hydrogens is 287 g/mol. The third kappa shape index (κ3) is 4.09. The zero-order valence-corrected chi connectivity index (χ0v) is 11.9. The highest BCUT2D eigenvalue weighted by Crippen LogP contribution is 2.24. The van der Waals surface area contributed by atoms with Gasteiger partial charge in [-0.15, -0.1) is 0 Å². The fourth-order valence-electron chi connectivity index (χ4n) is 1.59. The van der Waals surface area contributed by atoms with Gasteiger partial charge in [0.05, 0.1) is 10.7 Å². The standard InChI is InChI=1S/C13H16ClFN2O3/c1-3-7(2)10(12(18)19)16-13(20)17-11-8(14)5-4-6-9(11)15/h4-7,10H,3H2,1-2H3,(H,18,19)(H2,16,17,20)/t7-,10-/m0/s1. The first-order valence-corrected chi connectivity index (χ1v) is 6.49. The number of hydrogen-bond donors (Lipinski definition) is 3. The lowest BCUT2D eigenvalue weighted by atomic mass is 9.99. The lowest BCUT2D eigenvalue weighted by Crippen LogP contribution is -2.46. The number of rotatable bonds is 5. The van der Waals surface area contributed by atoms with Crippen LogP contribution in [0.15, 0.2) is 18.2 Å². The summed E-state index contributed by atoms with van der Waals surface area (Å²) in [5, 5.41) is 13.6. The summed E-state index contributed by atoms with van der Waals surface area (Å²) in [7, 11) is 0. The number of halogens is 2. The second kappa shape index (κ2) is 7.09. The molecule has 3 N–H and O–H groups in total. The van der Waals surface area contributed by atoms with E-state index in [1.165, 1.54) is 12.1 Å². The van der Waals surface area contributed by atoms with Crippen molar-refractivity contribution in [3.63, 3.8) is 0 Å². The highest BCUT2D eigenvalue weighted by Gasteiger charge is 2.25. The zero-order chi connectivity index (χ0) is 15.3. The molecule has 1 aromatic carbocycles. The summed E-state index contributed by atoms with van der Waals surface area (Å²) in [4.78, 5) is 22.8. The molecule has 0 aliphatic carbocycles. The predicted octanol–water partition coefficient (Wildman–Crippen LogP) is 3.10. The number of aliphatic carboxylic acids is 1. The smallest absolute Gasteiger partial charge is 0.326 e. The van der Waals surface area contributed by atoms with Crippen LogP contribution in [0.3, 0.4) is 0 Å². The number of para-hydroxylation sites is 1. The van der Waals surface area contributed by atoms with E-state index in [0.717, 1.165) is 6.07 Å². The highest BCUT2D eigenvalue weighted by atomic mass is 35.5. The van der Waals surface area contributed by atoms with E-state index in [2.05, 4.69) is 10.6 Å². The molecule has 0 heterocycles. The van der Waals surface area contributed by atoms with E-state index >= 15 is 0 Å². The summed E-state index contributed by atoms with van der Waals surface area (Å²) in [5.74, 6) is -2.09. The number of amides is 2. The Labute approximate surface area is 121 Å². The molecule has 2 amide bonds. The van der Waals surface area contributed by atoms with E-state index in [-0.39, 0.29) is 16.6 Å². The zero-order valence-electron chi connectivity index (χ0n) is 11.1. The van der Waals surface area contributed by atoms with Gasteiger partial charge in [0.15, 0.2) is 0 Å². The number of nitrogens with one attached hydrogen (secondary N) is 2. The number of carboxylic acid groups (broad SMARTS) is 1. The van der Waals surface area contributed by atoms with Crippen molar-refractivity contribution in [1.82, 2.24) is 5.32 Å². The molecule has 0 bridgehead atoms. The number of benzene rings is 1. The van der Waals surface area contributed by atoms with E-state index in [1.54, 1.807) is 6.92 Å². The van der Waals surface area contributed by atoms with E-state index < -0.39 is 23.9 Å². The van der Waals surface area contributed by atoms with Crippen molar-refractivity contribution in [2.45, 2.75) is 26.3 Å². The van der Waals surface area contributed by atoms with Crippen LogP contribution < -0.4 is 10.6 Å². The first-order valence-electron chi connectivity index (χ1n) is 6.11. The van der Waals surface area contributed by atoms with Crippen LogP contribution in [0.25, 0.3) is 0 Å². The van der Waals surface area contributed by atoms with Gasteiger partial charge in [0.2, 0.25) is 0 Å². The highest BCUT2D eigenvalue weighted by molar-refractivity contribution is 6.33. The summed E-state index contributed by atoms with van der Waals surface area (Å²) in [6.07, 6.45) is 0.581. The fraction of sp³-hybridized carbons (Fsp3) is 0.385. The van der Waals surface area contributed by atoms with E-state index in [9.17, 15) is 14.0 Å². The Morgan fingerprint density at radius 2 is 2.10 bits per heavy atom. The Morgan fingerprint density at radius 3 is 2.60 bits per heavy atom. The number of urea groups is 1. The maximum atomic E-state index is 13.5. The molecule has 0 spiro atoms. The largest absolute Gasteiger partial charge is 0.480 e. The summed E-state index contributed by atoms with van der Waals surface area (Å²) in [5.41, 5.74) is -0.181. The first-order chi connectivity index (χ1) is 9.36. The molecule has 0 fully saturated rings. The summed E-state index contributed by atoms with van der Waals surface area (Å²) < 4.78 is 13.5. The number of carbonyl (C=O) groups excluding carboxylic acids is 1. The van der Waals surface area contributed by atoms with Gasteiger partial charge >= 0.3 is 12.0 Å². The Morgan fingerprint density at radius 1 is 1.45 bits per heavy atom. The minimum Gasteiger partial charge on any atom is -0.480 e. The number of carbonyl (C=O) groups is 2. The Kier molecular flexibility index (Phi) is 5.76. The molecule has 0 aromatic heterocycles. The molecule has 110 valence electrons. The first kappa shape index (κ1) is 16.2. The van der Waals surface area contributed by atoms with Crippen molar-refractivity contribution in [2.75, 3.05) is 5.32 Å². The maximum absolute atomic E-state index is 13.5. The van der Waals surface area contributed by atoms with Crippen LogP contribution in [0.1, 0.15) is 20.3 Å². The molecule has 0 aliphatic heterocycles. The number of hydrogen-bond acceptors (Lipinski definition) is 2. The third-order valence-electron chi connectivity index (χ3n) is 2.97. The lowest BCUT2D eigenvalue weighted by molar-refractivity contribution is -0.140. The van der Waals surface area contributed by atoms with Gasteiger partial charge < -0.3 is 15.7 Å². The van der Waals surface area contributed by atoms with Gasteiger partial charge in [0, 0.05) is 0 Å². The molecule has 0 aliphatic rings. The van der Waals surface area contributed by atoms with Crippen LogP contribution >= 0.6 is 11.6 Å². The van der Waals surface area contributed by atoms with Gasteiger partial charge in [-0.1, -0.05) is 37.9 Å². The molecule has 2 atom stereocenters. The quantitative estimate of drug-likeness (QED) is 0.782. The maximum Gasteiger partial charge on any atom is 0.326 e. The molecule has 0 radical (unpaired) electrons. The van der Waals surface area contributed by atoms with Crippen LogP contribution in [-0.4, -0.2) is 23.1 Å². The Balaban J connectivity index is 2.79. The van der Waals surface area contributed by atoms with E-state index in [4.69, 9.17) is 16.7 Å². The average molecular weight is 303 g/mol. The fourth-order valence-corrected chi connectivity index (χ4v) is 1.80. The molecular formula is C13H16ClFN2O3. The molecule has 0 saturated heterocycles. The minimum atomic E-state index is -1.14. The van der Waals surface area contributed by atoms with E-state index in [1.807, 2.05) is 6.92 Å². The topological polar surface area (TPSA) is 78.4 Å². The van der Waals surface area contributed by atoms with Crippen LogP contribution in [0, 0.1) is 11.7 Å².